The molecule has 2 aliphatic carbocycles. The molecule has 2 rings (SSSR count). The molecule has 0 aliphatic heterocycles. The summed E-state index contributed by atoms with van der Waals surface area (Å²) in [7, 11) is 0. The molecule has 0 saturated heterocycles. The molecule has 2 saturated carbocycles. The fourth-order valence-electron chi connectivity index (χ4n) is 4.88. The first kappa shape index (κ1) is 17.0. The molecule has 0 radical (unpaired) electrons. The summed E-state index contributed by atoms with van der Waals surface area (Å²) in [6.07, 6.45) is 9.06. The third-order valence-electron chi connectivity index (χ3n) is 5.75. The van der Waals surface area contributed by atoms with E-state index >= 15 is 0 Å². The molecule has 0 atom stereocenters. The summed E-state index contributed by atoms with van der Waals surface area (Å²) < 4.78 is 11.7. The summed E-state index contributed by atoms with van der Waals surface area (Å²) in [4.78, 5) is 23.6. The third-order valence-corrected chi connectivity index (χ3v) is 5.75. The fourth-order valence-corrected chi connectivity index (χ4v) is 4.88. The quantitative estimate of drug-likeness (QED) is 0.583. The van der Waals surface area contributed by atoms with Crippen LogP contribution in [-0.4, -0.2) is 23.1 Å². The van der Waals surface area contributed by atoms with Crippen molar-refractivity contribution in [1.82, 2.24) is 0 Å². The van der Waals surface area contributed by atoms with Crippen LogP contribution in [0.25, 0.3) is 0 Å². The van der Waals surface area contributed by atoms with Gasteiger partial charge in [0.1, 0.15) is 11.2 Å². The van der Waals surface area contributed by atoms with Crippen molar-refractivity contribution >= 4 is 11.9 Å². The fraction of sp³-hybridized carbons (Fsp3) is 0.778. The van der Waals surface area contributed by atoms with E-state index < -0.39 is 17.2 Å². The van der Waals surface area contributed by atoms with E-state index in [2.05, 4.69) is 6.58 Å². The average Bonchev–Trinajstić information content (AvgIpc) is 2.45. The summed E-state index contributed by atoms with van der Waals surface area (Å²) in [5.74, 6) is -0.647. The highest BCUT2D eigenvalue weighted by molar-refractivity contribution is 5.81. The number of carbonyl (C=O) groups is 2. The van der Waals surface area contributed by atoms with Crippen LogP contribution in [0.15, 0.2) is 12.7 Å². The molecule has 0 aromatic rings. The second-order valence-corrected chi connectivity index (χ2v) is 7.22. The summed E-state index contributed by atoms with van der Waals surface area (Å²) in [6.45, 7) is 8.90. The highest BCUT2D eigenvalue weighted by Crippen LogP contribution is 2.61. The van der Waals surface area contributed by atoms with Crippen LogP contribution in [0.3, 0.4) is 0 Å². The number of hydrogen-bond donors (Lipinski definition) is 0. The van der Waals surface area contributed by atoms with E-state index in [0.29, 0.717) is 0 Å². The van der Waals surface area contributed by atoms with Crippen molar-refractivity contribution in [2.75, 3.05) is 0 Å². The maximum absolute atomic E-state index is 11.8. The minimum atomic E-state index is -0.686. The molecule has 0 amide bonds. The van der Waals surface area contributed by atoms with Gasteiger partial charge in [-0.2, -0.15) is 0 Å². The first-order valence-corrected chi connectivity index (χ1v) is 8.34. The van der Waals surface area contributed by atoms with Gasteiger partial charge in [-0.05, 0) is 52.4 Å². The standard InChI is InChI=1S/C18H28O4/c1-5-15(20)22-16(3,4)17-10-6-8-12-18(17,21-14(2)19)13-9-7-11-17/h5H,1,6-13H2,2-4H3/t17-,18-. The molecule has 2 aliphatic rings. The highest BCUT2D eigenvalue weighted by Gasteiger charge is 2.64. The van der Waals surface area contributed by atoms with Gasteiger partial charge in [-0.3, -0.25) is 4.79 Å². The second-order valence-electron chi connectivity index (χ2n) is 7.22. The Kier molecular flexibility index (Phi) is 4.69. The lowest BCUT2D eigenvalue weighted by Crippen LogP contribution is -2.65. The molecule has 0 aromatic heterocycles. The minimum Gasteiger partial charge on any atom is -0.459 e. The number of fused-ring (bicyclic) bond motifs is 1. The molecule has 0 bridgehead atoms. The largest absolute Gasteiger partial charge is 0.459 e. The summed E-state index contributed by atoms with van der Waals surface area (Å²) in [5.41, 5.74) is -1.49. The molecule has 0 heterocycles. The Morgan fingerprint density at radius 1 is 1.05 bits per heavy atom. The summed E-state index contributed by atoms with van der Waals surface area (Å²) >= 11 is 0. The Morgan fingerprint density at radius 3 is 2.00 bits per heavy atom. The summed E-state index contributed by atoms with van der Waals surface area (Å²) in [6, 6.07) is 0. The lowest BCUT2D eigenvalue weighted by molar-refractivity contribution is -0.245. The van der Waals surface area contributed by atoms with Crippen molar-refractivity contribution < 1.29 is 19.1 Å². The molecule has 124 valence electrons. The smallest absolute Gasteiger partial charge is 0.330 e. The maximum Gasteiger partial charge on any atom is 0.330 e. The van der Waals surface area contributed by atoms with Gasteiger partial charge in [-0.25, -0.2) is 4.79 Å². The van der Waals surface area contributed by atoms with Crippen molar-refractivity contribution in [1.29, 1.82) is 0 Å². The highest BCUT2D eigenvalue weighted by atomic mass is 16.6. The van der Waals surface area contributed by atoms with Gasteiger partial charge in [-0.15, -0.1) is 0 Å². The van der Waals surface area contributed by atoms with Gasteiger partial charge in [-0.1, -0.05) is 19.4 Å². The molecule has 4 nitrogen and oxygen atoms in total. The summed E-state index contributed by atoms with van der Waals surface area (Å²) in [5, 5.41) is 0. The Bertz CT molecular complexity index is 452. The van der Waals surface area contributed by atoms with Crippen LogP contribution in [0.4, 0.5) is 0 Å². The monoisotopic (exact) mass is 308 g/mol. The van der Waals surface area contributed by atoms with E-state index in [1.54, 1.807) is 0 Å². The zero-order valence-electron chi connectivity index (χ0n) is 14.1. The van der Waals surface area contributed by atoms with Gasteiger partial charge in [0, 0.05) is 18.4 Å². The number of esters is 2. The number of rotatable bonds is 4. The Morgan fingerprint density at radius 2 is 1.55 bits per heavy atom. The van der Waals surface area contributed by atoms with Crippen LogP contribution in [0, 0.1) is 5.41 Å². The zero-order valence-corrected chi connectivity index (χ0v) is 14.1. The van der Waals surface area contributed by atoms with Crippen molar-refractivity contribution in [2.24, 2.45) is 5.41 Å². The van der Waals surface area contributed by atoms with E-state index in [9.17, 15) is 9.59 Å². The molecule has 22 heavy (non-hydrogen) atoms. The van der Waals surface area contributed by atoms with E-state index in [4.69, 9.17) is 9.47 Å². The van der Waals surface area contributed by atoms with Gasteiger partial charge >= 0.3 is 11.9 Å². The predicted molar refractivity (Wildman–Crippen MR) is 84.2 cm³/mol. The number of ether oxygens (including phenoxy) is 2. The van der Waals surface area contributed by atoms with Crippen LogP contribution in [0.5, 0.6) is 0 Å². The van der Waals surface area contributed by atoms with Crippen molar-refractivity contribution in [2.45, 2.75) is 83.3 Å². The van der Waals surface area contributed by atoms with E-state index in [0.717, 1.165) is 51.4 Å². The topological polar surface area (TPSA) is 52.6 Å². The van der Waals surface area contributed by atoms with E-state index in [1.807, 2.05) is 13.8 Å². The Labute approximate surface area is 133 Å². The van der Waals surface area contributed by atoms with Gasteiger partial charge in [0.25, 0.3) is 0 Å². The van der Waals surface area contributed by atoms with E-state index in [1.165, 1.54) is 13.0 Å². The number of hydrogen-bond acceptors (Lipinski definition) is 4. The molecule has 0 N–H and O–H groups in total. The van der Waals surface area contributed by atoms with Gasteiger partial charge in [0.05, 0.1) is 0 Å². The van der Waals surface area contributed by atoms with Crippen molar-refractivity contribution in [3.63, 3.8) is 0 Å². The van der Waals surface area contributed by atoms with Crippen LogP contribution in [0.1, 0.15) is 72.1 Å². The molecule has 0 unspecified atom stereocenters. The molecule has 2 fully saturated rings. The molecular formula is C18H28O4. The lowest BCUT2D eigenvalue weighted by Gasteiger charge is -2.61. The van der Waals surface area contributed by atoms with Gasteiger partial charge < -0.3 is 9.47 Å². The first-order valence-electron chi connectivity index (χ1n) is 8.34. The Hall–Kier alpha value is -1.32. The molecule has 0 aromatic carbocycles. The second kappa shape index (κ2) is 6.05. The average molecular weight is 308 g/mol. The molecule has 4 heteroatoms. The maximum atomic E-state index is 11.8. The SMILES string of the molecule is C=CC(=O)OC(C)(C)[C@]12CCCC[C@@]1(OC(C)=O)CCCC2. The Balaban J connectivity index is 2.45. The van der Waals surface area contributed by atoms with Crippen LogP contribution in [0.2, 0.25) is 0 Å². The first-order chi connectivity index (χ1) is 10.3. The van der Waals surface area contributed by atoms with Gasteiger partial charge in [0.2, 0.25) is 0 Å². The molecule has 0 spiro atoms. The normalized spacial score (nSPS) is 31.8. The number of carbonyl (C=O) groups excluding carboxylic acids is 2. The predicted octanol–water partition coefficient (Wildman–Crippen LogP) is 3.93. The van der Waals surface area contributed by atoms with Crippen molar-refractivity contribution in [3.8, 4) is 0 Å². The van der Waals surface area contributed by atoms with Crippen LogP contribution < -0.4 is 0 Å². The molecular weight excluding hydrogens is 280 g/mol. The zero-order chi connectivity index (χ0) is 16.4. The van der Waals surface area contributed by atoms with Crippen molar-refractivity contribution in [3.05, 3.63) is 12.7 Å². The van der Waals surface area contributed by atoms with Crippen LogP contribution in [-0.2, 0) is 19.1 Å². The van der Waals surface area contributed by atoms with Gasteiger partial charge in [0.15, 0.2) is 0 Å². The third kappa shape index (κ3) is 2.68. The van der Waals surface area contributed by atoms with Crippen LogP contribution >= 0.6 is 0 Å². The van der Waals surface area contributed by atoms with E-state index in [-0.39, 0.29) is 11.4 Å². The minimum absolute atomic E-state index is 0.237. The lowest BCUT2D eigenvalue weighted by atomic mass is 9.50.